The second kappa shape index (κ2) is 10.5. The zero-order valence-corrected chi connectivity index (χ0v) is 22.9. The summed E-state index contributed by atoms with van der Waals surface area (Å²) in [5.74, 6) is -0.503. The summed E-state index contributed by atoms with van der Waals surface area (Å²) in [6.45, 7) is 9.60. The number of amides is 2. The third-order valence-corrected chi connectivity index (χ3v) is 8.51. The van der Waals surface area contributed by atoms with Crippen LogP contribution in [0, 0.1) is 16.7 Å². The van der Waals surface area contributed by atoms with Crippen LogP contribution >= 0.6 is 34.8 Å². The third kappa shape index (κ3) is 5.68. The number of nitrogens with one attached hydrogen (secondary N) is 2. The van der Waals surface area contributed by atoms with E-state index in [1.165, 1.54) is 12.1 Å². The molecule has 35 heavy (non-hydrogen) atoms. The van der Waals surface area contributed by atoms with Gasteiger partial charge in [-0.25, -0.2) is 0 Å². The van der Waals surface area contributed by atoms with Crippen molar-refractivity contribution in [3.05, 3.63) is 62.6 Å². The Morgan fingerprint density at radius 1 is 1.03 bits per heavy atom. The molecule has 8 heteroatoms. The lowest BCUT2D eigenvalue weighted by Crippen LogP contribution is -2.46. The smallest absolute Gasteiger partial charge is 0.258 e. The van der Waals surface area contributed by atoms with Gasteiger partial charge in [-0.05, 0) is 68.4 Å². The topological polar surface area (TPSA) is 75.3 Å². The van der Waals surface area contributed by atoms with Crippen LogP contribution in [0.5, 0.6) is 0 Å². The number of hydrogen-bond donors (Lipinski definition) is 2. The van der Waals surface area contributed by atoms with Crippen LogP contribution < -0.4 is 10.6 Å². The van der Waals surface area contributed by atoms with Gasteiger partial charge in [0.05, 0.1) is 15.6 Å². The van der Waals surface area contributed by atoms with Gasteiger partial charge in [-0.1, -0.05) is 67.7 Å². The molecule has 0 heterocycles. The van der Waals surface area contributed by atoms with Gasteiger partial charge in [0, 0.05) is 28.1 Å². The minimum absolute atomic E-state index is 0.00641. The molecule has 1 aliphatic rings. The fourth-order valence-electron chi connectivity index (χ4n) is 5.01. The number of benzene rings is 2. The van der Waals surface area contributed by atoms with Crippen LogP contribution in [0.2, 0.25) is 15.1 Å². The van der Waals surface area contributed by atoms with E-state index in [4.69, 9.17) is 34.8 Å². The molecule has 2 aromatic carbocycles. The van der Waals surface area contributed by atoms with Gasteiger partial charge in [0.2, 0.25) is 5.91 Å². The number of hydrogen-bond acceptors (Lipinski definition) is 3. The van der Waals surface area contributed by atoms with E-state index in [9.17, 15) is 14.4 Å². The molecule has 1 saturated carbocycles. The fraction of sp³-hybridized carbons (Fsp3) is 0.444. The summed E-state index contributed by atoms with van der Waals surface area (Å²) < 4.78 is 0. The van der Waals surface area contributed by atoms with Crippen molar-refractivity contribution in [3.63, 3.8) is 0 Å². The first kappa shape index (κ1) is 27.5. The van der Waals surface area contributed by atoms with E-state index in [2.05, 4.69) is 10.6 Å². The highest BCUT2D eigenvalue weighted by molar-refractivity contribution is 6.42. The van der Waals surface area contributed by atoms with Crippen LogP contribution in [0.3, 0.4) is 0 Å². The number of rotatable bonds is 7. The van der Waals surface area contributed by atoms with Crippen molar-refractivity contribution < 1.29 is 14.4 Å². The van der Waals surface area contributed by atoms with Crippen LogP contribution in [0.25, 0.3) is 0 Å². The van der Waals surface area contributed by atoms with Gasteiger partial charge in [-0.15, -0.1) is 0 Å². The summed E-state index contributed by atoms with van der Waals surface area (Å²) in [4.78, 5) is 37.9. The maximum absolute atomic E-state index is 13.1. The number of Topliss-reactive ketones (excluding diaryl/α,β-unsaturated/α-hetero) is 1. The first-order valence-electron chi connectivity index (χ1n) is 11.6. The molecule has 0 unspecified atom stereocenters. The minimum atomic E-state index is -0.487. The normalized spacial score (nSPS) is 21.9. The highest BCUT2D eigenvalue weighted by atomic mass is 35.5. The Hall–Kier alpha value is -2.08. The van der Waals surface area contributed by atoms with Gasteiger partial charge in [0.15, 0.2) is 0 Å². The predicted molar refractivity (Wildman–Crippen MR) is 142 cm³/mol. The average molecular weight is 538 g/mol. The molecule has 0 aromatic heterocycles. The van der Waals surface area contributed by atoms with Crippen molar-refractivity contribution >= 4 is 58.1 Å². The maximum atomic E-state index is 13.1. The van der Waals surface area contributed by atoms with Crippen LogP contribution in [0.4, 0.5) is 5.69 Å². The Labute approximate surface area is 221 Å². The van der Waals surface area contributed by atoms with Gasteiger partial charge in [-0.3, -0.25) is 14.4 Å². The van der Waals surface area contributed by atoms with Crippen molar-refractivity contribution in [2.24, 2.45) is 16.7 Å². The second-order valence-corrected chi connectivity index (χ2v) is 11.5. The molecule has 0 aliphatic heterocycles. The summed E-state index contributed by atoms with van der Waals surface area (Å²) in [7, 11) is 0. The van der Waals surface area contributed by atoms with E-state index >= 15 is 0 Å². The zero-order chi connectivity index (χ0) is 26.1. The van der Waals surface area contributed by atoms with Crippen molar-refractivity contribution in [1.29, 1.82) is 0 Å². The van der Waals surface area contributed by atoms with E-state index < -0.39 is 16.7 Å². The third-order valence-electron chi connectivity index (χ3n) is 7.70. The first-order valence-corrected chi connectivity index (χ1v) is 12.8. The van der Waals surface area contributed by atoms with Gasteiger partial charge in [-0.2, -0.15) is 0 Å². The summed E-state index contributed by atoms with van der Waals surface area (Å²) in [6.07, 6.45) is 2.06. The van der Waals surface area contributed by atoms with Gasteiger partial charge < -0.3 is 10.6 Å². The molecule has 0 bridgehead atoms. The van der Waals surface area contributed by atoms with E-state index in [1.807, 2.05) is 39.8 Å². The largest absolute Gasteiger partial charge is 0.353 e. The fourth-order valence-corrected chi connectivity index (χ4v) is 6.00. The molecule has 2 N–H and O–H groups in total. The lowest BCUT2D eigenvalue weighted by atomic mass is 9.63. The summed E-state index contributed by atoms with van der Waals surface area (Å²) >= 11 is 18.2. The molecule has 5 nitrogen and oxygen atoms in total. The average Bonchev–Trinajstić information content (AvgIpc) is 2.98. The van der Waals surface area contributed by atoms with E-state index in [1.54, 1.807) is 19.1 Å². The Morgan fingerprint density at radius 2 is 1.60 bits per heavy atom. The Bertz CT molecular complexity index is 1120. The molecule has 1 fully saturated rings. The highest BCUT2D eigenvalue weighted by Crippen LogP contribution is 2.56. The number of ketones is 1. The highest BCUT2D eigenvalue weighted by Gasteiger charge is 2.56. The number of anilines is 1. The Kier molecular flexibility index (Phi) is 8.25. The van der Waals surface area contributed by atoms with Crippen molar-refractivity contribution in [3.8, 4) is 0 Å². The molecule has 3 rings (SSSR count). The molecule has 188 valence electrons. The second-order valence-electron chi connectivity index (χ2n) is 10.2. The molecule has 2 amide bonds. The first-order chi connectivity index (χ1) is 16.3. The summed E-state index contributed by atoms with van der Waals surface area (Å²) in [6, 6.07) is 10.2. The maximum Gasteiger partial charge on any atom is 0.258 e. The molecular weight excluding hydrogens is 507 g/mol. The number of carbonyl (C=O) groups is 3. The van der Waals surface area contributed by atoms with Crippen LogP contribution in [-0.2, 0) is 16.0 Å². The monoisotopic (exact) mass is 536 g/mol. The van der Waals surface area contributed by atoms with Crippen molar-refractivity contribution in [2.75, 3.05) is 5.32 Å². The quantitative estimate of drug-likeness (QED) is 0.400. The van der Waals surface area contributed by atoms with Crippen LogP contribution in [0.15, 0.2) is 36.4 Å². The SMILES string of the molecule is CC(=O)[C@]1(C)CC[C@H](C(=O)N[C@H](C)Cc2ccc(NC(=O)c3c(Cl)cc(Cl)cc3Cl)cc2)C1(C)C. The van der Waals surface area contributed by atoms with Crippen LogP contribution in [-0.4, -0.2) is 23.6 Å². The molecule has 0 saturated heterocycles. The summed E-state index contributed by atoms with van der Waals surface area (Å²) in [5, 5.41) is 6.62. The Balaban J connectivity index is 1.60. The molecule has 3 atom stereocenters. The molecular formula is C27H31Cl3N2O3. The lowest BCUT2D eigenvalue weighted by Gasteiger charge is -2.39. The summed E-state index contributed by atoms with van der Waals surface area (Å²) in [5.41, 5.74) is 0.873. The van der Waals surface area contributed by atoms with Gasteiger partial charge in [0.25, 0.3) is 5.91 Å². The van der Waals surface area contributed by atoms with E-state index in [0.29, 0.717) is 23.6 Å². The molecule has 0 spiro atoms. The zero-order valence-electron chi connectivity index (χ0n) is 20.6. The molecule has 0 radical (unpaired) electrons. The molecule has 2 aromatic rings. The van der Waals surface area contributed by atoms with Crippen molar-refractivity contribution in [1.82, 2.24) is 5.32 Å². The van der Waals surface area contributed by atoms with Crippen LogP contribution in [0.1, 0.15) is 63.4 Å². The Morgan fingerprint density at radius 3 is 2.11 bits per heavy atom. The number of halogens is 3. The predicted octanol–water partition coefficient (Wildman–Crippen LogP) is 6.98. The standard InChI is InChI=1S/C27H31Cl3N2O3/c1-15(31-24(34)20-10-11-27(5,16(2)33)26(20,3)4)12-17-6-8-19(9-7-17)32-25(35)23-21(29)13-18(28)14-22(23)30/h6-9,13-15,20H,10-12H2,1-5H3,(H,31,34)(H,32,35)/t15-,20-,27+/m1/s1. The van der Waals surface area contributed by atoms with Gasteiger partial charge in [0.1, 0.15) is 5.78 Å². The number of carbonyl (C=O) groups excluding carboxylic acids is 3. The van der Waals surface area contributed by atoms with E-state index in [-0.39, 0.29) is 39.3 Å². The molecule has 1 aliphatic carbocycles. The van der Waals surface area contributed by atoms with Gasteiger partial charge >= 0.3 is 0 Å². The van der Waals surface area contributed by atoms with Crippen molar-refractivity contribution in [2.45, 2.75) is 59.9 Å². The lowest BCUT2D eigenvalue weighted by molar-refractivity contribution is -0.135. The minimum Gasteiger partial charge on any atom is -0.353 e. The van der Waals surface area contributed by atoms with E-state index in [0.717, 1.165) is 12.0 Å².